The molecule has 0 aromatic heterocycles. The molecule has 2 rings (SSSR count). The molecular weight excluding hydrogens is 380 g/mol. The lowest BCUT2D eigenvalue weighted by Crippen LogP contribution is -2.30. The van der Waals surface area contributed by atoms with Crippen LogP contribution < -0.4 is 10.2 Å². The first-order valence-corrected chi connectivity index (χ1v) is 9.51. The van der Waals surface area contributed by atoms with E-state index < -0.39 is 9.84 Å². The van der Waals surface area contributed by atoms with Crippen LogP contribution in [0.25, 0.3) is 0 Å². The van der Waals surface area contributed by atoms with Crippen LogP contribution in [-0.4, -0.2) is 34.2 Å². The Balaban J connectivity index is 2.02. The molecule has 7 heteroatoms. The van der Waals surface area contributed by atoms with E-state index in [1.807, 2.05) is 24.3 Å². The maximum atomic E-state index is 12.1. The fourth-order valence-electron chi connectivity index (χ4n) is 2.01. The summed E-state index contributed by atoms with van der Waals surface area (Å²) in [6.45, 7) is 0.152. The molecule has 0 fully saturated rings. The van der Waals surface area contributed by atoms with E-state index in [9.17, 15) is 13.2 Å². The number of amides is 1. The maximum absolute atomic E-state index is 12.1. The molecular formula is C16H17BrN2O3S. The summed E-state index contributed by atoms with van der Waals surface area (Å²) in [6.07, 6.45) is 1.16. The van der Waals surface area contributed by atoms with E-state index in [1.54, 1.807) is 24.1 Å². The molecule has 0 aliphatic rings. The Labute approximate surface area is 144 Å². The van der Waals surface area contributed by atoms with Gasteiger partial charge in [-0.25, -0.2) is 8.42 Å². The first-order valence-electron chi connectivity index (χ1n) is 6.83. The minimum absolute atomic E-state index is 0.152. The zero-order chi connectivity index (χ0) is 17.0. The molecule has 2 aromatic rings. The number of nitrogens with one attached hydrogen (secondary N) is 1. The number of carbonyl (C=O) groups excluding carboxylic acids is 1. The van der Waals surface area contributed by atoms with Crippen molar-refractivity contribution < 1.29 is 13.2 Å². The molecule has 0 aliphatic carbocycles. The number of carbonyl (C=O) groups is 1. The summed E-state index contributed by atoms with van der Waals surface area (Å²) in [7, 11) is -1.44. The molecule has 0 spiro atoms. The summed E-state index contributed by atoms with van der Waals surface area (Å²) in [5.41, 5.74) is 1.47. The van der Waals surface area contributed by atoms with Gasteiger partial charge in [-0.05, 0) is 52.3 Å². The van der Waals surface area contributed by atoms with Gasteiger partial charge < -0.3 is 10.2 Å². The monoisotopic (exact) mass is 396 g/mol. The van der Waals surface area contributed by atoms with Crippen molar-refractivity contribution in [2.45, 2.75) is 4.90 Å². The third-order valence-electron chi connectivity index (χ3n) is 3.23. The van der Waals surface area contributed by atoms with Crippen molar-refractivity contribution in [2.24, 2.45) is 0 Å². The van der Waals surface area contributed by atoms with Gasteiger partial charge in [-0.1, -0.05) is 12.1 Å². The number of sulfone groups is 1. The van der Waals surface area contributed by atoms with Crippen LogP contribution in [0.1, 0.15) is 0 Å². The van der Waals surface area contributed by atoms with Crippen LogP contribution >= 0.6 is 15.9 Å². The normalized spacial score (nSPS) is 11.1. The van der Waals surface area contributed by atoms with Crippen LogP contribution in [0.4, 0.5) is 11.4 Å². The lowest BCUT2D eigenvalue weighted by atomic mass is 10.3. The summed E-state index contributed by atoms with van der Waals surface area (Å²) in [4.78, 5) is 14.1. The smallest absolute Gasteiger partial charge is 0.243 e. The number of rotatable bonds is 5. The van der Waals surface area contributed by atoms with Gasteiger partial charge in [0.15, 0.2) is 9.84 Å². The molecule has 122 valence electrons. The fraction of sp³-hybridized carbons (Fsp3) is 0.188. The van der Waals surface area contributed by atoms with Gasteiger partial charge in [-0.2, -0.15) is 0 Å². The second-order valence-electron chi connectivity index (χ2n) is 5.15. The SMILES string of the molecule is CN(CC(=O)Nc1ccccc1Br)c1ccc(S(C)(=O)=O)cc1. The molecule has 1 amide bonds. The number of nitrogens with zero attached hydrogens (tertiary/aromatic N) is 1. The highest BCUT2D eigenvalue weighted by atomic mass is 79.9. The summed E-state index contributed by atoms with van der Waals surface area (Å²) in [5, 5.41) is 2.82. The van der Waals surface area contributed by atoms with Crippen LogP contribution in [0.2, 0.25) is 0 Å². The molecule has 1 N–H and O–H groups in total. The molecule has 0 saturated carbocycles. The molecule has 23 heavy (non-hydrogen) atoms. The Bertz CT molecular complexity index is 804. The quantitative estimate of drug-likeness (QED) is 0.843. The summed E-state index contributed by atoms with van der Waals surface area (Å²) >= 11 is 3.38. The van der Waals surface area contributed by atoms with Gasteiger partial charge in [0.1, 0.15) is 0 Å². The van der Waals surface area contributed by atoms with Crippen molar-refractivity contribution in [1.29, 1.82) is 0 Å². The second-order valence-corrected chi connectivity index (χ2v) is 8.02. The van der Waals surface area contributed by atoms with Gasteiger partial charge in [0.05, 0.1) is 17.1 Å². The predicted octanol–water partition coefficient (Wildman–Crippen LogP) is 2.93. The van der Waals surface area contributed by atoms with Crippen LogP contribution in [0, 0.1) is 0 Å². The predicted molar refractivity (Wildman–Crippen MR) is 95.6 cm³/mol. The second kappa shape index (κ2) is 7.14. The van der Waals surface area contributed by atoms with Crippen LogP contribution in [0.3, 0.4) is 0 Å². The van der Waals surface area contributed by atoms with Crippen molar-refractivity contribution >= 4 is 43.0 Å². The average molecular weight is 397 g/mol. The average Bonchev–Trinajstić information content (AvgIpc) is 2.49. The van der Waals surface area contributed by atoms with Gasteiger partial charge in [-0.3, -0.25) is 4.79 Å². The Morgan fingerprint density at radius 2 is 1.74 bits per heavy atom. The van der Waals surface area contributed by atoms with Gasteiger partial charge in [0.25, 0.3) is 0 Å². The van der Waals surface area contributed by atoms with Crippen molar-refractivity contribution in [3.05, 3.63) is 53.0 Å². The number of hydrogen-bond donors (Lipinski definition) is 1. The maximum Gasteiger partial charge on any atom is 0.243 e. The Kier molecular flexibility index (Phi) is 5.43. The standard InChI is InChI=1S/C16H17BrN2O3S/c1-19(12-7-9-13(10-8-12)23(2,21)22)11-16(20)18-15-6-4-3-5-14(15)17/h3-10H,11H2,1-2H3,(H,18,20). The third kappa shape index (κ3) is 4.80. The third-order valence-corrected chi connectivity index (χ3v) is 5.05. The number of likely N-dealkylation sites (N-methyl/N-ethyl adjacent to an activating group) is 1. The first kappa shape index (κ1) is 17.5. The Hall–Kier alpha value is -1.86. The minimum atomic E-state index is -3.22. The zero-order valence-corrected chi connectivity index (χ0v) is 15.2. The van der Waals surface area contributed by atoms with E-state index in [-0.39, 0.29) is 17.3 Å². The largest absolute Gasteiger partial charge is 0.365 e. The van der Waals surface area contributed by atoms with E-state index in [4.69, 9.17) is 0 Å². The highest BCUT2D eigenvalue weighted by molar-refractivity contribution is 9.10. The van der Waals surface area contributed by atoms with Crippen LogP contribution in [0.15, 0.2) is 57.9 Å². The number of halogens is 1. The van der Waals surface area contributed by atoms with Crippen molar-refractivity contribution in [3.8, 4) is 0 Å². The number of anilines is 2. The molecule has 0 aliphatic heterocycles. The summed E-state index contributed by atoms with van der Waals surface area (Å²) < 4.78 is 23.7. The van der Waals surface area contributed by atoms with E-state index >= 15 is 0 Å². The van der Waals surface area contributed by atoms with Gasteiger partial charge in [0, 0.05) is 23.5 Å². The molecule has 0 atom stereocenters. The van der Waals surface area contributed by atoms with Crippen molar-refractivity contribution in [3.63, 3.8) is 0 Å². The Morgan fingerprint density at radius 1 is 1.13 bits per heavy atom. The molecule has 0 saturated heterocycles. The number of benzene rings is 2. The first-order chi connectivity index (χ1) is 10.8. The molecule has 2 aromatic carbocycles. The highest BCUT2D eigenvalue weighted by Gasteiger charge is 2.11. The number of hydrogen-bond acceptors (Lipinski definition) is 4. The van der Waals surface area contributed by atoms with Gasteiger partial charge in [0.2, 0.25) is 5.91 Å². The zero-order valence-electron chi connectivity index (χ0n) is 12.8. The lowest BCUT2D eigenvalue weighted by molar-refractivity contribution is -0.114. The fourth-order valence-corrected chi connectivity index (χ4v) is 3.02. The van der Waals surface area contributed by atoms with Crippen LogP contribution in [-0.2, 0) is 14.6 Å². The van der Waals surface area contributed by atoms with Crippen LogP contribution in [0.5, 0.6) is 0 Å². The molecule has 0 bridgehead atoms. The van der Waals surface area contributed by atoms with Gasteiger partial charge in [-0.15, -0.1) is 0 Å². The molecule has 5 nitrogen and oxygen atoms in total. The molecule has 0 radical (unpaired) electrons. The molecule has 0 heterocycles. The minimum Gasteiger partial charge on any atom is -0.365 e. The van der Waals surface area contributed by atoms with E-state index in [0.29, 0.717) is 5.69 Å². The Morgan fingerprint density at radius 3 is 2.30 bits per heavy atom. The van der Waals surface area contributed by atoms with E-state index in [0.717, 1.165) is 16.4 Å². The number of para-hydroxylation sites is 1. The topological polar surface area (TPSA) is 66.5 Å². The highest BCUT2D eigenvalue weighted by Crippen LogP contribution is 2.21. The molecule has 0 unspecified atom stereocenters. The van der Waals surface area contributed by atoms with E-state index in [2.05, 4.69) is 21.2 Å². The van der Waals surface area contributed by atoms with Crippen molar-refractivity contribution in [2.75, 3.05) is 30.1 Å². The van der Waals surface area contributed by atoms with Gasteiger partial charge >= 0.3 is 0 Å². The van der Waals surface area contributed by atoms with E-state index in [1.165, 1.54) is 12.1 Å². The van der Waals surface area contributed by atoms with Crippen molar-refractivity contribution in [1.82, 2.24) is 0 Å². The summed E-state index contributed by atoms with van der Waals surface area (Å²) in [6, 6.07) is 13.8. The lowest BCUT2D eigenvalue weighted by Gasteiger charge is -2.19. The summed E-state index contributed by atoms with van der Waals surface area (Å²) in [5.74, 6) is -0.161.